The second-order valence-electron chi connectivity index (χ2n) is 4.71. The first-order chi connectivity index (χ1) is 8.04. The van der Waals surface area contributed by atoms with Crippen molar-refractivity contribution in [1.29, 1.82) is 0 Å². The van der Waals surface area contributed by atoms with Crippen molar-refractivity contribution in [1.82, 2.24) is 5.32 Å². The Kier molecular flexibility index (Phi) is 3.43. The fourth-order valence-electron chi connectivity index (χ4n) is 2.23. The SMILES string of the molecule is CCC1(NC(=O)c2cc(N)cc(Br)c2)CCC1. The molecule has 0 heterocycles. The number of nitrogens with one attached hydrogen (secondary N) is 1. The third-order valence-electron chi connectivity index (χ3n) is 3.55. The number of nitrogens with two attached hydrogens (primary N) is 1. The molecule has 1 amide bonds. The lowest BCUT2D eigenvalue weighted by Gasteiger charge is -2.42. The van der Waals surface area contributed by atoms with Crippen LogP contribution in [0.15, 0.2) is 22.7 Å². The summed E-state index contributed by atoms with van der Waals surface area (Å²) in [6.07, 6.45) is 4.36. The second kappa shape index (κ2) is 4.69. The van der Waals surface area contributed by atoms with Crippen molar-refractivity contribution in [3.63, 3.8) is 0 Å². The Hall–Kier alpha value is -1.03. The van der Waals surface area contributed by atoms with Gasteiger partial charge in [0.2, 0.25) is 0 Å². The van der Waals surface area contributed by atoms with E-state index in [1.807, 2.05) is 0 Å². The summed E-state index contributed by atoms with van der Waals surface area (Å²) < 4.78 is 0.835. The van der Waals surface area contributed by atoms with E-state index < -0.39 is 0 Å². The molecule has 2 rings (SSSR count). The predicted molar refractivity (Wildman–Crippen MR) is 72.9 cm³/mol. The van der Waals surface area contributed by atoms with Gasteiger partial charge in [-0.1, -0.05) is 22.9 Å². The number of anilines is 1. The Morgan fingerprint density at radius 1 is 1.47 bits per heavy atom. The van der Waals surface area contributed by atoms with Crippen LogP contribution in [0.2, 0.25) is 0 Å². The van der Waals surface area contributed by atoms with Gasteiger partial charge in [-0.3, -0.25) is 4.79 Å². The number of rotatable bonds is 3. The Morgan fingerprint density at radius 2 is 2.18 bits per heavy atom. The minimum atomic E-state index is -0.0282. The highest BCUT2D eigenvalue weighted by atomic mass is 79.9. The van der Waals surface area contributed by atoms with Gasteiger partial charge in [-0.05, 0) is 43.9 Å². The molecule has 1 aromatic rings. The molecule has 0 saturated heterocycles. The highest BCUT2D eigenvalue weighted by Crippen LogP contribution is 2.35. The van der Waals surface area contributed by atoms with Gasteiger partial charge in [0.05, 0.1) is 0 Å². The average molecular weight is 297 g/mol. The van der Waals surface area contributed by atoms with Crippen LogP contribution < -0.4 is 11.1 Å². The topological polar surface area (TPSA) is 55.1 Å². The largest absolute Gasteiger partial charge is 0.399 e. The van der Waals surface area contributed by atoms with E-state index >= 15 is 0 Å². The third-order valence-corrected chi connectivity index (χ3v) is 4.01. The second-order valence-corrected chi connectivity index (χ2v) is 5.63. The number of carbonyl (C=O) groups is 1. The molecule has 0 radical (unpaired) electrons. The minimum Gasteiger partial charge on any atom is -0.399 e. The smallest absolute Gasteiger partial charge is 0.251 e. The van der Waals surface area contributed by atoms with Crippen LogP contribution in [0, 0.1) is 0 Å². The molecule has 3 N–H and O–H groups in total. The zero-order valence-corrected chi connectivity index (χ0v) is 11.5. The molecule has 4 heteroatoms. The van der Waals surface area contributed by atoms with Crippen molar-refractivity contribution in [2.24, 2.45) is 0 Å². The first-order valence-corrected chi connectivity index (χ1v) is 6.72. The molecule has 1 aliphatic rings. The Morgan fingerprint density at radius 3 is 2.65 bits per heavy atom. The van der Waals surface area contributed by atoms with Crippen LogP contribution in [0.25, 0.3) is 0 Å². The van der Waals surface area contributed by atoms with E-state index in [1.54, 1.807) is 18.2 Å². The summed E-state index contributed by atoms with van der Waals surface area (Å²) in [5.41, 5.74) is 6.97. The van der Waals surface area contributed by atoms with Crippen LogP contribution in [0.3, 0.4) is 0 Å². The molecule has 0 spiro atoms. The van der Waals surface area contributed by atoms with Gasteiger partial charge >= 0.3 is 0 Å². The third kappa shape index (κ3) is 2.63. The highest BCUT2D eigenvalue weighted by molar-refractivity contribution is 9.10. The molecule has 1 aliphatic carbocycles. The van der Waals surface area contributed by atoms with E-state index in [0.29, 0.717) is 11.3 Å². The maximum absolute atomic E-state index is 12.1. The van der Waals surface area contributed by atoms with Gasteiger partial charge in [0.1, 0.15) is 0 Å². The van der Waals surface area contributed by atoms with E-state index in [0.717, 1.165) is 23.7 Å². The van der Waals surface area contributed by atoms with Crippen LogP contribution in [-0.2, 0) is 0 Å². The molecule has 1 saturated carbocycles. The summed E-state index contributed by atoms with van der Waals surface area (Å²) in [4.78, 5) is 12.1. The summed E-state index contributed by atoms with van der Waals surface area (Å²) in [5.74, 6) is -0.0282. The number of amides is 1. The molecule has 1 fully saturated rings. The number of carbonyl (C=O) groups excluding carboxylic acids is 1. The van der Waals surface area contributed by atoms with Crippen molar-refractivity contribution in [2.45, 2.75) is 38.1 Å². The van der Waals surface area contributed by atoms with Crippen molar-refractivity contribution in [3.8, 4) is 0 Å². The molecule has 0 aliphatic heterocycles. The van der Waals surface area contributed by atoms with Crippen molar-refractivity contribution in [3.05, 3.63) is 28.2 Å². The van der Waals surface area contributed by atoms with Crippen molar-refractivity contribution < 1.29 is 4.79 Å². The summed E-state index contributed by atoms with van der Waals surface area (Å²) in [5, 5.41) is 3.13. The average Bonchev–Trinajstić information content (AvgIpc) is 2.21. The van der Waals surface area contributed by atoms with Gasteiger partial charge in [-0.2, -0.15) is 0 Å². The maximum Gasteiger partial charge on any atom is 0.251 e. The molecule has 0 bridgehead atoms. The van der Waals surface area contributed by atoms with Crippen LogP contribution in [-0.4, -0.2) is 11.4 Å². The van der Waals surface area contributed by atoms with E-state index in [2.05, 4.69) is 28.2 Å². The summed E-state index contributed by atoms with van der Waals surface area (Å²) in [6, 6.07) is 5.30. The predicted octanol–water partition coefficient (Wildman–Crippen LogP) is 3.09. The zero-order valence-electron chi connectivity index (χ0n) is 9.92. The van der Waals surface area contributed by atoms with Gasteiger partial charge < -0.3 is 11.1 Å². The lowest BCUT2D eigenvalue weighted by atomic mass is 9.74. The van der Waals surface area contributed by atoms with Gasteiger partial charge in [-0.15, -0.1) is 0 Å². The van der Waals surface area contributed by atoms with Crippen molar-refractivity contribution in [2.75, 3.05) is 5.73 Å². The van der Waals surface area contributed by atoms with E-state index in [9.17, 15) is 4.79 Å². The van der Waals surface area contributed by atoms with Crippen LogP contribution in [0.1, 0.15) is 43.0 Å². The van der Waals surface area contributed by atoms with Gasteiger partial charge in [0.15, 0.2) is 0 Å². The zero-order chi connectivity index (χ0) is 12.5. The summed E-state index contributed by atoms with van der Waals surface area (Å²) in [7, 11) is 0. The number of halogens is 1. The minimum absolute atomic E-state index is 0.0220. The Balaban J connectivity index is 2.14. The monoisotopic (exact) mass is 296 g/mol. The first-order valence-electron chi connectivity index (χ1n) is 5.93. The molecule has 0 unspecified atom stereocenters. The molecule has 1 aromatic carbocycles. The number of hydrogen-bond donors (Lipinski definition) is 2. The molecule has 92 valence electrons. The molecular formula is C13H17BrN2O. The summed E-state index contributed by atoms with van der Waals surface area (Å²) >= 11 is 3.35. The van der Waals surface area contributed by atoms with Gasteiger partial charge in [-0.25, -0.2) is 0 Å². The fraction of sp³-hybridized carbons (Fsp3) is 0.462. The molecule has 0 atom stereocenters. The lowest BCUT2D eigenvalue weighted by Crippen LogP contribution is -2.52. The number of hydrogen-bond acceptors (Lipinski definition) is 2. The quantitative estimate of drug-likeness (QED) is 0.842. The van der Waals surface area contributed by atoms with E-state index in [4.69, 9.17) is 5.73 Å². The fourth-order valence-corrected chi connectivity index (χ4v) is 2.74. The van der Waals surface area contributed by atoms with E-state index in [-0.39, 0.29) is 11.4 Å². The van der Waals surface area contributed by atoms with Crippen LogP contribution in [0.4, 0.5) is 5.69 Å². The number of benzene rings is 1. The highest BCUT2D eigenvalue weighted by Gasteiger charge is 2.36. The molecule has 3 nitrogen and oxygen atoms in total. The molecular weight excluding hydrogens is 280 g/mol. The van der Waals surface area contributed by atoms with Crippen molar-refractivity contribution >= 4 is 27.5 Å². The normalized spacial score (nSPS) is 17.3. The Bertz CT molecular complexity index is 415. The van der Waals surface area contributed by atoms with Gasteiger partial charge in [0.25, 0.3) is 5.91 Å². The molecule has 17 heavy (non-hydrogen) atoms. The van der Waals surface area contributed by atoms with Crippen LogP contribution in [0.5, 0.6) is 0 Å². The Labute approximate surface area is 110 Å². The lowest BCUT2D eigenvalue weighted by molar-refractivity contribution is 0.0820. The molecule has 0 aromatic heterocycles. The number of nitrogen functional groups attached to an aromatic ring is 1. The standard InChI is InChI=1S/C13H17BrN2O/c1-2-13(4-3-5-13)16-12(17)9-6-10(14)8-11(15)7-9/h6-8H,2-5,15H2,1H3,(H,16,17). The van der Waals surface area contributed by atoms with Crippen LogP contribution >= 0.6 is 15.9 Å². The maximum atomic E-state index is 12.1. The van der Waals surface area contributed by atoms with E-state index in [1.165, 1.54) is 6.42 Å². The first kappa shape index (κ1) is 12.4. The van der Waals surface area contributed by atoms with Gasteiger partial charge in [0, 0.05) is 21.3 Å². The summed E-state index contributed by atoms with van der Waals surface area (Å²) in [6.45, 7) is 2.12.